The summed E-state index contributed by atoms with van der Waals surface area (Å²) in [6.07, 6.45) is -0.944. The van der Waals surface area contributed by atoms with Crippen LogP contribution in [0.3, 0.4) is 0 Å². The molecule has 1 atom stereocenters. The monoisotopic (exact) mass is 351 g/mol. The van der Waals surface area contributed by atoms with E-state index in [2.05, 4.69) is 5.10 Å². The fraction of sp³-hybridized carbons (Fsp3) is 0.444. The zero-order chi connectivity index (χ0) is 18.5. The lowest BCUT2D eigenvalue weighted by atomic mass is 9.79. The molecule has 0 saturated heterocycles. The molecule has 1 aromatic heterocycles. The first-order valence-corrected chi connectivity index (χ1v) is 8.07. The second-order valence-corrected chi connectivity index (χ2v) is 7.16. The van der Waals surface area contributed by atoms with E-state index < -0.39 is 23.6 Å². The van der Waals surface area contributed by atoms with E-state index in [0.717, 1.165) is 0 Å². The topological polar surface area (TPSA) is 38.1 Å². The third kappa shape index (κ3) is 2.92. The Morgan fingerprint density at radius 2 is 2.04 bits per heavy atom. The molecule has 0 saturated carbocycles. The molecule has 0 aliphatic carbocycles. The molecule has 1 unspecified atom stereocenters. The minimum atomic E-state index is -2.85. The molecule has 0 spiro atoms. The number of halogens is 3. The van der Waals surface area contributed by atoms with E-state index in [1.54, 1.807) is 6.07 Å². The van der Waals surface area contributed by atoms with Crippen LogP contribution in [0.2, 0.25) is 0 Å². The fourth-order valence-electron chi connectivity index (χ4n) is 3.74. The highest BCUT2D eigenvalue weighted by Gasteiger charge is 2.42. The molecule has 7 heteroatoms. The number of aromatic nitrogens is 2. The van der Waals surface area contributed by atoms with E-state index in [-0.39, 0.29) is 17.3 Å². The van der Waals surface area contributed by atoms with Gasteiger partial charge in [-0.25, -0.2) is 13.2 Å². The molecule has 3 rings (SSSR count). The molecule has 2 heterocycles. The van der Waals surface area contributed by atoms with Crippen LogP contribution in [0.1, 0.15) is 61.2 Å². The Hall–Kier alpha value is -2.31. The number of alkyl halides is 2. The van der Waals surface area contributed by atoms with Crippen LogP contribution in [0.5, 0.6) is 0 Å². The smallest absolute Gasteiger partial charge is 0.282 e. The number of anilines is 1. The molecule has 1 aliphatic heterocycles. The van der Waals surface area contributed by atoms with Gasteiger partial charge in [0.05, 0.1) is 5.56 Å². The summed E-state index contributed by atoms with van der Waals surface area (Å²) in [5.41, 5.74) is -0.00770. The van der Waals surface area contributed by atoms with Gasteiger partial charge in [0.1, 0.15) is 11.5 Å². The predicted molar refractivity (Wildman–Crippen MR) is 88.5 cm³/mol. The molecule has 0 radical (unpaired) electrons. The predicted octanol–water partition coefficient (Wildman–Crippen LogP) is 4.43. The highest BCUT2D eigenvalue weighted by molar-refractivity contribution is 6.08. The average molecular weight is 351 g/mol. The SMILES string of the molecule is CC1CC(C)(C)N(C(=O)c2cn(C)nc2C(F)F)c2ccc(F)cc21. The van der Waals surface area contributed by atoms with Gasteiger partial charge in [-0.2, -0.15) is 5.10 Å². The van der Waals surface area contributed by atoms with E-state index >= 15 is 0 Å². The number of carbonyl (C=O) groups excluding carboxylic acids is 1. The molecule has 25 heavy (non-hydrogen) atoms. The number of hydrogen-bond donors (Lipinski definition) is 0. The van der Waals surface area contributed by atoms with E-state index in [1.807, 2.05) is 20.8 Å². The second kappa shape index (κ2) is 5.89. The van der Waals surface area contributed by atoms with Crippen LogP contribution >= 0.6 is 0 Å². The van der Waals surface area contributed by atoms with Crippen LogP contribution in [0.25, 0.3) is 0 Å². The Labute approximate surface area is 144 Å². The third-order valence-corrected chi connectivity index (χ3v) is 4.67. The lowest BCUT2D eigenvalue weighted by Gasteiger charge is -2.46. The van der Waals surface area contributed by atoms with Gasteiger partial charge < -0.3 is 4.90 Å². The van der Waals surface area contributed by atoms with Crippen molar-refractivity contribution >= 4 is 11.6 Å². The van der Waals surface area contributed by atoms with Crippen LogP contribution in [0.4, 0.5) is 18.9 Å². The van der Waals surface area contributed by atoms with E-state index in [9.17, 15) is 18.0 Å². The number of benzene rings is 1. The summed E-state index contributed by atoms with van der Waals surface area (Å²) in [5, 5.41) is 3.72. The van der Waals surface area contributed by atoms with Gasteiger partial charge in [0.25, 0.3) is 12.3 Å². The molecule has 0 N–H and O–H groups in total. The maximum Gasteiger partial charge on any atom is 0.282 e. The van der Waals surface area contributed by atoms with Crippen molar-refractivity contribution in [1.82, 2.24) is 9.78 Å². The number of nitrogens with zero attached hydrogens (tertiary/aromatic N) is 3. The van der Waals surface area contributed by atoms with Crippen molar-refractivity contribution in [2.24, 2.45) is 7.05 Å². The van der Waals surface area contributed by atoms with Crippen molar-refractivity contribution in [3.8, 4) is 0 Å². The van der Waals surface area contributed by atoms with Crippen LogP contribution < -0.4 is 4.90 Å². The van der Waals surface area contributed by atoms with E-state index in [4.69, 9.17) is 0 Å². The number of hydrogen-bond acceptors (Lipinski definition) is 2. The first-order chi connectivity index (χ1) is 11.6. The zero-order valence-corrected chi connectivity index (χ0v) is 14.6. The molecule has 0 bridgehead atoms. The minimum absolute atomic E-state index is 0.0493. The first-order valence-electron chi connectivity index (χ1n) is 8.07. The van der Waals surface area contributed by atoms with Crippen molar-refractivity contribution in [1.29, 1.82) is 0 Å². The largest absolute Gasteiger partial charge is 0.302 e. The molecule has 2 aromatic rings. The second-order valence-electron chi connectivity index (χ2n) is 7.16. The molecule has 1 aromatic carbocycles. The number of rotatable bonds is 2. The first kappa shape index (κ1) is 17.5. The summed E-state index contributed by atoms with van der Waals surface area (Å²) >= 11 is 0. The van der Waals surface area contributed by atoms with Crippen molar-refractivity contribution in [3.63, 3.8) is 0 Å². The molecule has 1 aliphatic rings. The van der Waals surface area contributed by atoms with Crippen molar-refractivity contribution in [2.75, 3.05) is 4.90 Å². The summed E-state index contributed by atoms with van der Waals surface area (Å²) < 4.78 is 41.4. The Bertz CT molecular complexity index is 829. The Morgan fingerprint density at radius 1 is 1.36 bits per heavy atom. The summed E-state index contributed by atoms with van der Waals surface area (Å²) in [6.45, 7) is 5.73. The average Bonchev–Trinajstić information content (AvgIpc) is 2.89. The standard InChI is InChI=1S/C18H20F3N3O/c1-10-8-18(2,3)24(14-6-5-11(19)7-12(10)14)17(25)13-9-23(4)22-15(13)16(20)21/h5-7,9-10,16H,8H2,1-4H3. The quantitative estimate of drug-likeness (QED) is 0.803. The van der Waals surface area contributed by atoms with Gasteiger partial charge in [-0.05, 0) is 49.9 Å². The Balaban J connectivity index is 2.15. The third-order valence-electron chi connectivity index (χ3n) is 4.67. The van der Waals surface area contributed by atoms with Crippen molar-refractivity contribution in [2.45, 2.75) is 45.1 Å². The molecular weight excluding hydrogens is 331 g/mol. The van der Waals surface area contributed by atoms with Gasteiger partial charge in [-0.1, -0.05) is 6.92 Å². The highest BCUT2D eigenvalue weighted by atomic mass is 19.3. The van der Waals surface area contributed by atoms with Crippen LogP contribution in [-0.2, 0) is 7.05 Å². The van der Waals surface area contributed by atoms with Crippen molar-refractivity contribution < 1.29 is 18.0 Å². The zero-order valence-electron chi connectivity index (χ0n) is 14.6. The lowest BCUT2D eigenvalue weighted by Crippen LogP contribution is -2.51. The van der Waals surface area contributed by atoms with E-state index in [1.165, 1.54) is 35.0 Å². The number of aryl methyl sites for hydroxylation is 1. The van der Waals surface area contributed by atoms with Gasteiger partial charge in [-0.3, -0.25) is 9.48 Å². The number of carbonyl (C=O) groups is 1. The van der Waals surface area contributed by atoms with Crippen molar-refractivity contribution in [3.05, 3.63) is 47.0 Å². The maximum atomic E-state index is 13.7. The molecule has 0 fully saturated rings. The Morgan fingerprint density at radius 3 is 2.68 bits per heavy atom. The van der Waals surface area contributed by atoms with Crippen LogP contribution in [-0.4, -0.2) is 21.2 Å². The molecular formula is C18H20F3N3O. The van der Waals surface area contributed by atoms with Gasteiger partial charge in [0.2, 0.25) is 0 Å². The van der Waals surface area contributed by atoms with Crippen LogP contribution in [0, 0.1) is 5.82 Å². The van der Waals surface area contributed by atoms with Gasteiger partial charge in [0, 0.05) is 24.5 Å². The lowest BCUT2D eigenvalue weighted by molar-refractivity contribution is 0.0939. The van der Waals surface area contributed by atoms with Gasteiger partial charge >= 0.3 is 0 Å². The summed E-state index contributed by atoms with van der Waals surface area (Å²) in [7, 11) is 1.50. The number of fused-ring (bicyclic) bond motifs is 1. The summed E-state index contributed by atoms with van der Waals surface area (Å²) in [4.78, 5) is 14.6. The molecule has 4 nitrogen and oxygen atoms in total. The van der Waals surface area contributed by atoms with Crippen LogP contribution in [0.15, 0.2) is 24.4 Å². The molecule has 134 valence electrons. The van der Waals surface area contributed by atoms with Gasteiger partial charge in [0.15, 0.2) is 0 Å². The Kier molecular flexibility index (Phi) is 4.13. The summed E-state index contributed by atoms with van der Waals surface area (Å²) in [6, 6.07) is 4.23. The minimum Gasteiger partial charge on any atom is -0.302 e. The fourth-order valence-corrected chi connectivity index (χ4v) is 3.74. The normalized spacial score (nSPS) is 19.2. The molecule has 1 amide bonds. The van der Waals surface area contributed by atoms with Gasteiger partial charge in [-0.15, -0.1) is 0 Å². The summed E-state index contributed by atoms with van der Waals surface area (Å²) in [5.74, 6) is -0.881. The number of amides is 1. The van der Waals surface area contributed by atoms with E-state index in [0.29, 0.717) is 17.7 Å². The maximum absolute atomic E-state index is 13.7. The highest BCUT2D eigenvalue weighted by Crippen LogP contribution is 2.44.